The van der Waals surface area contributed by atoms with Crippen LogP contribution in [-0.4, -0.2) is 21.5 Å². The number of carbonyl (C=O) groups excluding carboxylic acids is 2. The Balaban J connectivity index is 1.60. The van der Waals surface area contributed by atoms with E-state index in [-0.39, 0.29) is 22.8 Å². The number of amides is 1. The van der Waals surface area contributed by atoms with E-state index in [9.17, 15) is 14.4 Å². The summed E-state index contributed by atoms with van der Waals surface area (Å²) < 4.78 is 6.65. The van der Waals surface area contributed by atoms with Gasteiger partial charge in [-0.25, -0.2) is 4.68 Å². The minimum atomic E-state index is -0.450. The Hall–Kier alpha value is -3.52. The zero-order valence-electron chi connectivity index (χ0n) is 18.4. The molecule has 33 heavy (non-hydrogen) atoms. The van der Waals surface area contributed by atoms with Crippen LogP contribution < -0.4 is 10.9 Å². The largest absolute Gasteiger partial charge is 0.461 e. The monoisotopic (exact) mass is 461 g/mol. The van der Waals surface area contributed by atoms with Gasteiger partial charge in [0, 0.05) is 16.8 Å². The lowest BCUT2D eigenvalue weighted by atomic mass is 9.87. The molecule has 1 N–H and O–H groups in total. The highest BCUT2D eigenvalue weighted by Crippen LogP contribution is 2.41. The fraction of sp³-hybridized carbons (Fsp3) is 0.280. The van der Waals surface area contributed by atoms with Gasteiger partial charge in [-0.15, -0.1) is 11.3 Å². The average Bonchev–Trinajstić information content (AvgIpc) is 3.47. The molecule has 3 heterocycles. The van der Waals surface area contributed by atoms with Crippen LogP contribution in [0.1, 0.15) is 57.3 Å². The number of fused-ring (bicyclic) bond motifs is 2. The summed E-state index contributed by atoms with van der Waals surface area (Å²) in [5.41, 5.74) is 1.41. The number of nitrogens with zero attached hydrogens (tertiary/aromatic N) is 2. The van der Waals surface area contributed by atoms with Crippen molar-refractivity contribution >= 4 is 38.8 Å². The van der Waals surface area contributed by atoms with Crippen LogP contribution in [0, 0.1) is 5.92 Å². The first-order valence-corrected chi connectivity index (χ1v) is 11.8. The van der Waals surface area contributed by atoms with Gasteiger partial charge in [-0.1, -0.05) is 25.1 Å². The second kappa shape index (κ2) is 8.44. The van der Waals surface area contributed by atoms with Crippen LogP contribution in [0.25, 0.3) is 10.8 Å². The van der Waals surface area contributed by atoms with Crippen LogP contribution >= 0.6 is 11.3 Å². The number of thiophene rings is 1. The van der Waals surface area contributed by atoms with E-state index in [1.165, 1.54) is 22.3 Å². The van der Waals surface area contributed by atoms with Gasteiger partial charge in [0.15, 0.2) is 11.5 Å². The fourth-order valence-corrected chi connectivity index (χ4v) is 5.79. The molecule has 1 aliphatic rings. The van der Waals surface area contributed by atoms with Crippen molar-refractivity contribution in [2.45, 2.75) is 39.7 Å². The lowest BCUT2D eigenvalue weighted by molar-refractivity contribution is 0.101. The van der Waals surface area contributed by atoms with Crippen LogP contribution in [0.5, 0.6) is 0 Å². The van der Waals surface area contributed by atoms with E-state index >= 15 is 0 Å². The lowest BCUT2D eigenvalue weighted by Gasteiger charge is -2.18. The molecule has 1 amide bonds. The van der Waals surface area contributed by atoms with E-state index in [1.54, 1.807) is 43.3 Å². The summed E-state index contributed by atoms with van der Waals surface area (Å²) in [6, 6.07) is 10.3. The van der Waals surface area contributed by atoms with E-state index in [4.69, 9.17) is 4.42 Å². The van der Waals surface area contributed by atoms with E-state index in [1.807, 2.05) is 0 Å². The summed E-state index contributed by atoms with van der Waals surface area (Å²) in [5, 5.41) is 8.69. The number of ketones is 1. The molecule has 0 bridgehead atoms. The number of aromatic nitrogens is 2. The highest BCUT2D eigenvalue weighted by Gasteiger charge is 2.30. The van der Waals surface area contributed by atoms with Crippen molar-refractivity contribution in [3.05, 3.63) is 80.5 Å². The van der Waals surface area contributed by atoms with Gasteiger partial charge in [0.2, 0.25) is 5.78 Å². The molecule has 1 aromatic carbocycles. The number of furan rings is 1. The number of aryl methyl sites for hydroxylation is 1. The predicted octanol–water partition coefficient (Wildman–Crippen LogP) is 4.68. The molecule has 5 rings (SSSR count). The molecule has 0 saturated heterocycles. The van der Waals surface area contributed by atoms with Gasteiger partial charge in [-0.3, -0.25) is 14.4 Å². The normalized spacial score (nSPS) is 15.4. The first kappa shape index (κ1) is 21.3. The van der Waals surface area contributed by atoms with Gasteiger partial charge < -0.3 is 9.73 Å². The Morgan fingerprint density at radius 1 is 1.21 bits per heavy atom. The summed E-state index contributed by atoms with van der Waals surface area (Å²) in [6.45, 7) is 4.34. The quantitative estimate of drug-likeness (QED) is 0.436. The molecule has 0 saturated carbocycles. The number of hydrogen-bond acceptors (Lipinski definition) is 6. The van der Waals surface area contributed by atoms with Crippen molar-refractivity contribution in [3.8, 4) is 0 Å². The third-order valence-corrected chi connectivity index (χ3v) is 7.26. The van der Waals surface area contributed by atoms with Gasteiger partial charge in [-0.2, -0.15) is 5.10 Å². The first-order valence-electron chi connectivity index (χ1n) is 11.0. The first-order chi connectivity index (χ1) is 16.0. The minimum Gasteiger partial charge on any atom is -0.461 e. The highest BCUT2D eigenvalue weighted by atomic mass is 32.1. The summed E-state index contributed by atoms with van der Waals surface area (Å²) in [4.78, 5) is 40.5. The van der Waals surface area contributed by atoms with Crippen molar-refractivity contribution < 1.29 is 14.0 Å². The van der Waals surface area contributed by atoms with Crippen LogP contribution in [-0.2, 0) is 19.4 Å². The van der Waals surface area contributed by atoms with Gasteiger partial charge in [0.1, 0.15) is 5.00 Å². The highest BCUT2D eigenvalue weighted by molar-refractivity contribution is 7.17. The number of hydrogen-bond donors (Lipinski definition) is 1. The molecule has 168 valence electrons. The smallest absolute Gasteiger partial charge is 0.277 e. The van der Waals surface area contributed by atoms with Crippen molar-refractivity contribution in [1.82, 2.24) is 9.78 Å². The van der Waals surface area contributed by atoms with E-state index in [2.05, 4.69) is 17.3 Å². The second-order valence-corrected chi connectivity index (χ2v) is 9.44. The third kappa shape index (κ3) is 3.70. The molecule has 8 heteroatoms. The van der Waals surface area contributed by atoms with E-state index in [0.717, 1.165) is 29.7 Å². The molecule has 1 atom stereocenters. The zero-order valence-corrected chi connectivity index (χ0v) is 19.2. The van der Waals surface area contributed by atoms with Gasteiger partial charge in [0.25, 0.3) is 11.5 Å². The summed E-state index contributed by atoms with van der Waals surface area (Å²) in [7, 11) is 0. The molecular weight excluding hydrogens is 438 g/mol. The SMILES string of the molecule is CCn1nc(C(=O)Nc2sc3c(c2C(=O)c2ccco2)CCC(C)C3)c2ccccc2c1=O. The van der Waals surface area contributed by atoms with Crippen LogP contribution in [0.2, 0.25) is 0 Å². The van der Waals surface area contributed by atoms with E-state index in [0.29, 0.717) is 33.8 Å². The van der Waals surface area contributed by atoms with Crippen LogP contribution in [0.3, 0.4) is 0 Å². The van der Waals surface area contributed by atoms with Gasteiger partial charge >= 0.3 is 0 Å². The van der Waals surface area contributed by atoms with Crippen molar-refractivity contribution in [2.24, 2.45) is 5.92 Å². The summed E-state index contributed by atoms with van der Waals surface area (Å²) >= 11 is 1.44. The molecule has 4 aromatic rings. The molecule has 3 aromatic heterocycles. The van der Waals surface area contributed by atoms with E-state index < -0.39 is 5.91 Å². The van der Waals surface area contributed by atoms with Crippen molar-refractivity contribution in [2.75, 3.05) is 5.32 Å². The minimum absolute atomic E-state index is 0.156. The van der Waals surface area contributed by atoms with Crippen molar-refractivity contribution in [3.63, 3.8) is 0 Å². The fourth-order valence-electron chi connectivity index (χ4n) is 4.39. The number of benzene rings is 1. The second-order valence-electron chi connectivity index (χ2n) is 8.33. The Kier molecular flexibility index (Phi) is 5.46. The summed E-state index contributed by atoms with van der Waals surface area (Å²) in [6.07, 6.45) is 4.11. The molecule has 0 spiro atoms. The molecule has 0 radical (unpaired) electrons. The number of carbonyl (C=O) groups is 2. The molecule has 0 fully saturated rings. The Morgan fingerprint density at radius 2 is 2.00 bits per heavy atom. The van der Waals surface area contributed by atoms with Gasteiger partial charge in [0.05, 0.1) is 17.2 Å². The van der Waals surface area contributed by atoms with Crippen LogP contribution in [0.4, 0.5) is 5.00 Å². The number of nitrogens with one attached hydrogen (secondary N) is 1. The topological polar surface area (TPSA) is 94.2 Å². The Labute approximate surface area is 194 Å². The molecule has 0 aliphatic heterocycles. The molecule has 1 aliphatic carbocycles. The van der Waals surface area contributed by atoms with Crippen molar-refractivity contribution in [1.29, 1.82) is 0 Å². The maximum atomic E-state index is 13.4. The maximum Gasteiger partial charge on any atom is 0.277 e. The lowest BCUT2D eigenvalue weighted by Crippen LogP contribution is -2.27. The molecule has 7 nitrogen and oxygen atoms in total. The summed E-state index contributed by atoms with van der Waals surface area (Å²) in [5.74, 6) is 0.0741. The number of anilines is 1. The van der Waals surface area contributed by atoms with Gasteiger partial charge in [-0.05, 0) is 55.9 Å². The average molecular weight is 462 g/mol. The maximum absolute atomic E-state index is 13.4. The number of rotatable bonds is 5. The standard InChI is InChI=1S/C25H23N3O4S/c1-3-28-25(31)16-8-5-4-7-15(16)21(27-28)23(30)26-24-20(22(29)18-9-6-12-32-18)17-11-10-14(2)13-19(17)33-24/h4-9,12,14H,3,10-11,13H2,1-2H3,(H,26,30). The molecule has 1 unspecified atom stereocenters. The Bertz CT molecular complexity index is 1430. The molecular formula is C25H23N3O4S. The third-order valence-electron chi connectivity index (χ3n) is 6.09. The zero-order chi connectivity index (χ0) is 23.1. The predicted molar refractivity (Wildman–Crippen MR) is 127 cm³/mol. The Morgan fingerprint density at radius 3 is 2.73 bits per heavy atom. The van der Waals surface area contributed by atoms with Crippen LogP contribution in [0.15, 0.2) is 51.9 Å².